The predicted octanol–water partition coefficient (Wildman–Crippen LogP) is 1.39. The van der Waals surface area contributed by atoms with Gasteiger partial charge in [0.2, 0.25) is 5.91 Å². The van der Waals surface area contributed by atoms with Gasteiger partial charge in [0, 0.05) is 18.6 Å². The van der Waals surface area contributed by atoms with Crippen LogP contribution in [0.3, 0.4) is 0 Å². The van der Waals surface area contributed by atoms with Crippen molar-refractivity contribution in [3.05, 3.63) is 0 Å². The highest BCUT2D eigenvalue weighted by Crippen LogP contribution is 2.32. The molecule has 1 aliphatic rings. The second-order valence-electron chi connectivity index (χ2n) is 6.68. The average molecular weight is 242 g/mol. The molecule has 0 atom stereocenters. The van der Waals surface area contributed by atoms with Gasteiger partial charge in [0.15, 0.2) is 0 Å². The van der Waals surface area contributed by atoms with Crippen molar-refractivity contribution in [3.8, 4) is 0 Å². The highest BCUT2D eigenvalue weighted by Gasteiger charge is 2.44. The van der Waals surface area contributed by atoms with Gasteiger partial charge >= 0.3 is 0 Å². The van der Waals surface area contributed by atoms with Gasteiger partial charge in [-0.1, -0.05) is 0 Å². The normalized spacial score (nSPS) is 21.5. The van der Waals surface area contributed by atoms with E-state index in [-0.39, 0.29) is 11.5 Å². The summed E-state index contributed by atoms with van der Waals surface area (Å²) in [6.07, 6.45) is 0. The first-order valence-electron chi connectivity index (χ1n) is 6.20. The maximum atomic E-state index is 12.5. The van der Waals surface area contributed by atoms with Gasteiger partial charge in [-0.05, 0) is 41.5 Å². The summed E-state index contributed by atoms with van der Waals surface area (Å²) in [6, 6.07) is 0. The Morgan fingerprint density at radius 1 is 1.29 bits per heavy atom. The van der Waals surface area contributed by atoms with E-state index in [0.29, 0.717) is 19.7 Å². The molecule has 0 aromatic carbocycles. The minimum absolute atomic E-state index is 0.112. The summed E-state index contributed by atoms with van der Waals surface area (Å²) >= 11 is 0. The Hall–Kier alpha value is -0.610. The summed E-state index contributed by atoms with van der Waals surface area (Å²) in [7, 11) is 0. The molecule has 1 fully saturated rings. The van der Waals surface area contributed by atoms with E-state index in [9.17, 15) is 4.79 Å². The van der Waals surface area contributed by atoms with Gasteiger partial charge in [-0.25, -0.2) is 0 Å². The van der Waals surface area contributed by atoms with Gasteiger partial charge < -0.3 is 15.4 Å². The van der Waals surface area contributed by atoms with Gasteiger partial charge in [0.25, 0.3) is 0 Å². The van der Waals surface area contributed by atoms with E-state index in [1.165, 1.54) is 0 Å². The largest absolute Gasteiger partial charge is 0.372 e. The van der Waals surface area contributed by atoms with Crippen molar-refractivity contribution in [1.29, 1.82) is 0 Å². The highest BCUT2D eigenvalue weighted by atomic mass is 16.5. The molecule has 1 heterocycles. The highest BCUT2D eigenvalue weighted by molar-refractivity contribution is 5.83. The van der Waals surface area contributed by atoms with E-state index in [2.05, 4.69) is 0 Å². The van der Waals surface area contributed by atoms with Crippen molar-refractivity contribution in [3.63, 3.8) is 0 Å². The van der Waals surface area contributed by atoms with Crippen LogP contribution in [0.15, 0.2) is 0 Å². The zero-order valence-electron chi connectivity index (χ0n) is 12.0. The number of morpholine rings is 1. The number of nitrogens with zero attached hydrogens (tertiary/aromatic N) is 1. The number of hydrogen-bond acceptors (Lipinski definition) is 3. The third kappa shape index (κ3) is 2.99. The Morgan fingerprint density at radius 3 is 2.24 bits per heavy atom. The van der Waals surface area contributed by atoms with Gasteiger partial charge in [-0.3, -0.25) is 4.79 Å². The molecule has 0 radical (unpaired) electrons. The lowest BCUT2D eigenvalue weighted by atomic mass is 9.74. The molecule has 17 heavy (non-hydrogen) atoms. The molecule has 1 saturated heterocycles. The number of amides is 1. The fraction of sp³-hybridized carbons (Fsp3) is 0.923. The number of rotatable bonds is 2. The van der Waals surface area contributed by atoms with Crippen LogP contribution in [-0.4, -0.2) is 41.6 Å². The molecule has 1 rings (SSSR count). The third-order valence-corrected chi connectivity index (χ3v) is 3.86. The minimum Gasteiger partial charge on any atom is -0.372 e. The maximum Gasteiger partial charge on any atom is 0.230 e. The molecule has 0 saturated carbocycles. The first-order chi connectivity index (χ1) is 7.47. The Kier molecular flexibility index (Phi) is 3.61. The van der Waals surface area contributed by atoms with E-state index >= 15 is 0 Å². The molecule has 100 valence electrons. The monoisotopic (exact) mass is 242 g/mol. The summed E-state index contributed by atoms with van der Waals surface area (Å²) in [6.45, 7) is 13.5. The fourth-order valence-electron chi connectivity index (χ4n) is 1.86. The van der Waals surface area contributed by atoms with Crippen LogP contribution in [-0.2, 0) is 9.53 Å². The molecule has 4 heteroatoms. The van der Waals surface area contributed by atoms with E-state index < -0.39 is 11.0 Å². The molecular weight excluding hydrogens is 216 g/mol. The predicted molar refractivity (Wildman–Crippen MR) is 68.7 cm³/mol. The van der Waals surface area contributed by atoms with Crippen LogP contribution in [0, 0.1) is 5.41 Å². The molecule has 0 bridgehead atoms. The Balaban J connectivity index is 2.84. The molecule has 0 aromatic heterocycles. The Morgan fingerprint density at radius 2 is 1.82 bits per heavy atom. The van der Waals surface area contributed by atoms with Gasteiger partial charge in [0.1, 0.15) is 0 Å². The molecule has 1 aliphatic heterocycles. The average Bonchev–Trinajstić information content (AvgIpc) is 2.13. The van der Waals surface area contributed by atoms with Crippen molar-refractivity contribution in [1.82, 2.24) is 4.90 Å². The van der Waals surface area contributed by atoms with Crippen molar-refractivity contribution in [2.45, 2.75) is 52.7 Å². The summed E-state index contributed by atoms with van der Waals surface area (Å²) in [5.41, 5.74) is 4.74. The Labute approximate surface area is 104 Å². The van der Waals surface area contributed by atoms with E-state index in [0.717, 1.165) is 0 Å². The minimum atomic E-state index is -0.569. The van der Waals surface area contributed by atoms with Crippen molar-refractivity contribution < 1.29 is 9.53 Å². The van der Waals surface area contributed by atoms with Crippen LogP contribution >= 0.6 is 0 Å². The Bertz CT molecular complexity index is 303. The molecule has 0 unspecified atom stereocenters. The lowest BCUT2D eigenvalue weighted by Gasteiger charge is -2.45. The third-order valence-electron chi connectivity index (χ3n) is 3.86. The molecule has 0 aromatic rings. The molecule has 1 amide bonds. The molecule has 0 aliphatic carbocycles. The molecule has 2 N–H and O–H groups in total. The number of hydrogen-bond donors (Lipinski definition) is 1. The second kappa shape index (κ2) is 4.25. The van der Waals surface area contributed by atoms with E-state index in [1.54, 1.807) is 0 Å². The summed E-state index contributed by atoms with van der Waals surface area (Å²) in [5.74, 6) is 0.112. The SMILES string of the molecule is CC1(C)CN(C(=O)C(C)(C)C(C)(C)N)CCO1. The number of carbonyl (C=O) groups excluding carboxylic acids is 1. The standard InChI is InChI=1S/C13H26N2O2/c1-11(2)9-15(7-8-17-11)10(16)12(3,4)13(5,6)14/h7-9,14H2,1-6H3. The van der Waals surface area contributed by atoms with Crippen molar-refractivity contribution >= 4 is 5.91 Å². The van der Waals surface area contributed by atoms with Gasteiger partial charge in [-0.15, -0.1) is 0 Å². The van der Waals surface area contributed by atoms with Crippen LogP contribution in [0.1, 0.15) is 41.5 Å². The quantitative estimate of drug-likeness (QED) is 0.796. The molecule has 4 nitrogen and oxygen atoms in total. The van der Waals surface area contributed by atoms with Crippen LogP contribution in [0.5, 0.6) is 0 Å². The van der Waals surface area contributed by atoms with Gasteiger partial charge in [0.05, 0.1) is 17.6 Å². The van der Waals surface area contributed by atoms with Crippen molar-refractivity contribution in [2.75, 3.05) is 19.7 Å². The zero-order chi connectivity index (χ0) is 13.5. The van der Waals surface area contributed by atoms with E-state index in [1.807, 2.05) is 46.4 Å². The lowest BCUT2D eigenvalue weighted by molar-refractivity contribution is -0.157. The van der Waals surface area contributed by atoms with Crippen LogP contribution < -0.4 is 5.73 Å². The van der Waals surface area contributed by atoms with Gasteiger partial charge in [-0.2, -0.15) is 0 Å². The van der Waals surface area contributed by atoms with E-state index in [4.69, 9.17) is 10.5 Å². The topological polar surface area (TPSA) is 55.6 Å². The summed E-state index contributed by atoms with van der Waals surface area (Å²) in [5, 5.41) is 0. The fourth-order valence-corrected chi connectivity index (χ4v) is 1.86. The van der Waals surface area contributed by atoms with Crippen LogP contribution in [0.4, 0.5) is 0 Å². The first kappa shape index (κ1) is 14.5. The number of nitrogens with two attached hydrogens (primary N) is 1. The van der Waals surface area contributed by atoms with Crippen LogP contribution in [0.2, 0.25) is 0 Å². The molecule has 0 spiro atoms. The maximum absolute atomic E-state index is 12.5. The smallest absolute Gasteiger partial charge is 0.230 e. The summed E-state index contributed by atoms with van der Waals surface area (Å²) < 4.78 is 5.62. The number of ether oxygens (including phenoxy) is 1. The second-order valence-corrected chi connectivity index (χ2v) is 6.68. The first-order valence-corrected chi connectivity index (χ1v) is 6.20. The zero-order valence-corrected chi connectivity index (χ0v) is 12.0. The lowest BCUT2D eigenvalue weighted by Crippen LogP contribution is -2.60. The van der Waals surface area contributed by atoms with Crippen LogP contribution in [0.25, 0.3) is 0 Å². The van der Waals surface area contributed by atoms with Crippen molar-refractivity contribution in [2.24, 2.45) is 11.1 Å². The molecular formula is C13H26N2O2. The number of carbonyl (C=O) groups is 1. The summed E-state index contributed by atoms with van der Waals surface area (Å²) in [4.78, 5) is 14.4.